The summed E-state index contributed by atoms with van der Waals surface area (Å²) in [6.45, 7) is 4.53. The average molecular weight is 298 g/mol. The van der Waals surface area contributed by atoms with Gasteiger partial charge in [-0.3, -0.25) is 9.78 Å². The molecule has 1 aromatic heterocycles. The molecule has 1 aromatic carbocycles. The van der Waals surface area contributed by atoms with Crippen molar-refractivity contribution in [2.24, 2.45) is 5.41 Å². The molecular formula is C18H22N2O2. The highest BCUT2D eigenvalue weighted by Gasteiger charge is 2.30. The number of ether oxygens (including phenoxy) is 1. The van der Waals surface area contributed by atoms with Gasteiger partial charge in [0.05, 0.1) is 0 Å². The zero-order chi connectivity index (χ0) is 15.6. The molecule has 1 aliphatic rings. The zero-order valence-corrected chi connectivity index (χ0v) is 13.2. The second-order valence-electron chi connectivity index (χ2n) is 6.46. The van der Waals surface area contributed by atoms with E-state index in [9.17, 15) is 4.79 Å². The third-order valence-corrected chi connectivity index (χ3v) is 4.54. The number of aromatic nitrogens is 1. The van der Waals surface area contributed by atoms with Gasteiger partial charge in [0, 0.05) is 38.4 Å². The summed E-state index contributed by atoms with van der Waals surface area (Å²) in [6.07, 6.45) is 3.70. The molecule has 0 spiro atoms. The molecule has 3 rings (SSSR count). The van der Waals surface area contributed by atoms with Crippen LogP contribution in [0.4, 0.5) is 0 Å². The van der Waals surface area contributed by atoms with E-state index in [0.29, 0.717) is 5.69 Å². The molecule has 2 heterocycles. The number of pyridine rings is 1. The van der Waals surface area contributed by atoms with Crippen LogP contribution in [0.3, 0.4) is 0 Å². The van der Waals surface area contributed by atoms with Crippen LogP contribution in [-0.2, 0) is 4.74 Å². The fourth-order valence-electron chi connectivity index (χ4n) is 3.14. The van der Waals surface area contributed by atoms with Gasteiger partial charge in [-0.25, -0.2) is 0 Å². The predicted octanol–water partition coefficient (Wildman–Crippen LogP) is 3.12. The van der Waals surface area contributed by atoms with Crippen molar-refractivity contribution >= 4 is 16.7 Å². The van der Waals surface area contributed by atoms with Crippen molar-refractivity contribution in [1.29, 1.82) is 0 Å². The van der Waals surface area contributed by atoms with E-state index in [-0.39, 0.29) is 11.3 Å². The Labute approximate surface area is 131 Å². The van der Waals surface area contributed by atoms with Crippen LogP contribution in [-0.4, -0.2) is 42.6 Å². The van der Waals surface area contributed by atoms with Crippen LogP contribution >= 0.6 is 0 Å². The lowest BCUT2D eigenvalue weighted by atomic mass is 9.82. The van der Waals surface area contributed by atoms with Crippen LogP contribution in [0.25, 0.3) is 10.8 Å². The minimum atomic E-state index is -0.00971. The molecule has 4 nitrogen and oxygen atoms in total. The maximum atomic E-state index is 12.8. The van der Waals surface area contributed by atoms with E-state index in [0.717, 1.165) is 43.4 Å². The Hall–Kier alpha value is -1.94. The number of nitrogens with zero attached hydrogens (tertiary/aromatic N) is 2. The molecule has 2 aromatic rings. The summed E-state index contributed by atoms with van der Waals surface area (Å²) >= 11 is 0. The number of hydrogen-bond donors (Lipinski definition) is 0. The van der Waals surface area contributed by atoms with Crippen molar-refractivity contribution in [1.82, 2.24) is 9.88 Å². The molecule has 1 aliphatic heterocycles. The van der Waals surface area contributed by atoms with Crippen molar-refractivity contribution < 1.29 is 9.53 Å². The molecule has 0 aliphatic carbocycles. The molecule has 1 saturated heterocycles. The lowest BCUT2D eigenvalue weighted by Gasteiger charge is -2.36. The number of fused-ring (bicyclic) bond motifs is 1. The van der Waals surface area contributed by atoms with Crippen LogP contribution < -0.4 is 0 Å². The predicted molar refractivity (Wildman–Crippen MR) is 86.9 cm³/mol. The SMILES string of the molecule is CN(CC1(C)CCOCC1)C(=O)c1nccc2ccccc12. The van der Waals surface area contributed by atoms with Gasteiger partial charge in [0.15, 0.2) is 0 Å². The Morgan fingerprint density at radius 2 is 2.00 bits per heavy atom. The number of rotatable bonds is 3. The molecular weight excluding hydrogens is 276 g/mol. The quantitative estimate of drug-likeness (QED) is 0.874. The second-order valence-corrected chi connectivity index (χ2v) is 6.46. The number of amides is 1. The van der Waals surface area contributed by atoms with Gasteiger partial charge in [0.25, 0.3) is 5.91 Å². The third-order valence-electron chi connectivity index (χ3n) is 4.54. The standard InChI is InChI=1S/C18H22N2O2/c1-18(8-11-22-12-9-18)13-20(2)17(21)16-15-6-4-3-5-14(15)7-10-19-16/h3-7,10H,8-9,11-13H2,1-2H3. The van der Waals surface area contributed by atoms with E-state index in [4.69, 9.17) is 4.74 Å². The first kappa shape index (κ1) is 15.0. The zero-order valence-electron chi connectivity index (χ0n) is 13.2. The van der Waals surface area contributed by atoms with Gasteiger partial charge < -0.3 is 9.64 Å². The van der Waals surface area contributed by atoms with Gasteiger partial charge >= 0.3 is 0 Å². The Bertz CT molecular complexity index is 672. The van der Waals surface area contributed by atoms with Gasteiger partial charge in [-0.1, -0.05) is 31.2 Å². The van der Waals surface area contributed by atoms with Crippen LogP contribution in [0.2, 0.25) is 0 Å². The van der Waals surface area contributed by atoms with Crippen LogP contribution in [0.15, 0.2) is 36.5 Å². The smallest absolute Gasteiger partial charge is 0.272 e. The van der Waals surface area contributed by atoms with Crippen LogP contribution in [0.1, 0.15) is 30.3 Å². The molecule has 4 heteroatoms. The number of carbonyl (C=O) groups excluding carboxylic acids is 1. The summed E-state index contributed by atoms with van der Waals surface area (Å²) in [5, 5.41) is 1.96. The minimum Gasteiger partial charge on any atom is -0.381 e. The largest absolute Gasteiger partial charge is 0.381 e. The van der Waals surface area contributed by atoms with Gasteiger partial charge in [0.2, 0.25) is 0 Å². The molecule has 1 fully saturated rings. The molecule has 0 unspecified atom stereocenters. The summed E-state index contributed by atoms with van der Waals surface area (Å²) in [5.74, 6) is -0.00971. The van der Waals surface area contributed by atoms with Crippen molar-refractivity contribution in [2.45, 2.75) is 19.8 Å². The van der Waals surface area contributed by atoms with Crippen molar-refractivity contribution in [3.05, 3.63) is 42.2 Å². The summed E-state index contributed by atoms with van der Waals surface area (Å²) in [5.41, 5.74) is 0.670. The number of hydrogen-bond acceptors (Lipinski definition) is 3. The van der Waals surface area contributed by atoms with Gasteiger partial charge in [-0.15, -0.1) is 0 Å². The highest BCUT2D eigenvalue weighted by Crippen LogP contribution is 2.31. The topological polar surface area (TPSA) is 42.4 Å². The van der Waals surface area contributed by atoms with Gasteiger partial charge in [-0.2, -0.15) is 0 Å². The summed E-state index contributed by atoms with van der Waals surface area (Å²) in [6, 6.07) is 9.82. The second kappa shape index (κ2) is 6.05. The van der Waals surface area contributed by atoms with E-state index in [1.165, 1.54) is 0 Å². The highest BCUT2D eigenvalue weighted by molar-refractivity contribution is 6.05. The average Bonchev–Trinajstić information content (AvgIpc) is 2.54. The molecule has 0 bridgehead atoms. The fourth-order valence-corrected chi connectivity index (χ4v) is 3.14. The van der Waals surface area contributed by atoms with Crippen molar-refractivity contribution in [2.75, 3.05) is 26.8 Å². The first-order valence-corrected chi connectivity index (χ1v) is 7.76. The number of carbonyl (C=O) groups is 1. The van der Waals surface area contributed by atoms with E-state index in [1.54, 1.807) is 11.1 Å². The molecule has 0 radical (unpaired) electrons. The Morgan fingerprint density at radius 3 is 2.77 bits per heavy atom. The third kappa shape index (κ3) is 2.97. The Morgan fingerprint density at radius 1 is 1.27 bits per heavy atom. The summed E-state index contributed by atoms with van der Waals surface area (Å²) < 4.78 is 5.43. The van der Waals surface area contributed by atoms with Gasteiger partial charge in [-0.05, 0) is 29.7 Å². The normalized spacial score (nSPS) is 17.4. The molecule has 1 amide bonds. The van der Waals surface area contributed by atoms with Crippen LogP contribution in [0, 0.1) is 5.41 Å². The molecule has 0 atom stereocenters. The number of benzene rings is 1. The molecule has 22 heavy (non-hydrogen) atoms. The monoisotopic (exact) mass is 298 g/mol. The lowest BCUT2D eigenvalue weighted by Crippen LogP contribution is -2.40. The van der Waals surface area contributed by atoms with E-state index >= 15 is 0 Å². The first-order chi connectivity index (χ1) is 10.6. The maximum absolute atomic E-state index is 12.8. The van der Waals surface area contributed by atoms with E-state index in [1.807, 2.05) is 37.4 Å². The van der Waals surface area contributed by atoms with E-state index in [2.05, 4.69) is 11.9 Å². The van der Waals surface area contributed by atoms with Crippen molar-refractivity contribution in [3.8, 4) is 0 Å². The van der Waals surface area contributed by atoms with Crippen LogP contribution in [0.5, 0.6) is 0 Å². The Kier molecular flexibility index (Phi) is 4.12. The molecule has 116 valence electrons. The summed E-state index contributed by atoms with van der Waals surface area (Å²) in [4.78, 5) is 18.9. The van der Waals surface area contributed by atoms with E-state index < -0.39 is 0 Å². The Balaban J connectivity index is 1.83. The van der Waals surface area contributed by atoms with Crippen molar-refractivity contribution in [3.63, 3.8) is 0 Å². The minimum absolute atomic E-state index is 0.00971. The van der Waals surface area contributed by atoms with Gasteiger partial charge in [0.1, 0.15) is 5.69 Å². The fraction of sp³-hybridized carbons (Fsp3) is 0.444. The summed E-state index contributed by atoms with van der Waals surface area (Å²) in [7, 11) is 1.87. The lowest BCUT2D eigenvalue weighted by molar-refractivity contribution is 0.00910. The maximum Gasteiger partial charge on any atom is 0.272 e. The highest BCUT2D eigenvalue weighted by atomic mass is 16.5. The first-order valence-electron chi connectivity index (χ1n) is 7.76. The molecule has 0 N–H and O–H groups in total. The molecule has 0 saturated carbocycles.